The van der Waals surface area contributed by atoms with Crippen molar-refractivity contribution in [3.63, 3.8) is 0 Å². The van der Waals surface area contributed by atoms with E-state index in [9.17, 15) is 0 Å². The van der Waals surface area contributed by atoms with Crippen LogP contribution in [-0.2, 0) is 0 Å². The van der Waals surface area contributed by atoms with Gasteiger partial charge in [-0.1, -0.05) is 38.5 Å². The normalized spacial score (nSPS) is 16.4. The number of fused-ring (bicyclic) bond motifs is 1. The summed E-state index contributed by atoms with van der Waals surface area (Å²) < 4.78 is 8.04. The highest BCUT2D eigenvalue weighted by molar-refractivity contribution is 7.99. The zero-order chi connectivity index (χ0) is 33.8. The first kappa shape index (κ1) is 33.8. The van der Waals surface area contributed by atoms with Crippen LogP contribution < -0.4 is 24.6 Å². The Bertz CT molecular complexity index is 1730. The van der Waals surface area contributed by atoms with Gasteiger partial charge in [0.25, 0.3) is 0 Å². The Hall–Kier alpha value is -4.13. The quantitative estimate of drug-likeness (QED) is 0.168. The highest BCUT2D eigenvalue weighted by Gasteiger charge is 2.28. The van der Waals surface area contributed by atoms with Gasteiger partial charge in [-0.15, -0.1) is 0 Å². The molecule has 2 N–H and O–H groups in total. The van der Waals surface area contributed by atoms with Crippen LogP contribution in [0.5, 0.6) is 5.75 Å². The maximum absolute atomic E-state index is 5.97. The minimum absolute atomic E-state index is 0.325. The standard InChI is InChI=1S/C36H48N10OS/c1-8-25-23-39-36(42-35(25)40-29-10-9-28-33(38-14-13-37-28)34(29)44(5)48-7)41-30-21-27(24(2)3)31(22-32(30)47-6)46-15-11-26(12-16-46)45-19-17-43(4)18-20-45/h8-10,13-14,21-24,26H,1,11-12,15-20H2,2-7H3,(H2,39,40,41,42). The van der Waals surface area contributed by atoms with Gasteiger partial charge in [0.2, 0.25) is 5.95 Å². The van der Waals surface area contributed by atoms with E-state index in [2.05, 4.69) is 84.2 Å². The van der Waals surface area contributed by atoms with Gasteiger partial charge in [-0.25, -0.2) is 4.98 Å². The fraction of sp³-hybridized carbons (Fsp3) is 0.444. The Morgan fingerprint density at radius 3 is 2.44 bits per heavy atom. The average Bonchev–Trinajstić information content (AvgIpc) is 3.11. The van der Waals surface area contributed by atoms with Crippen LogP contribution in [0, 0.1) is 0 Å². The smallest absolute Gasteiger partial charge is 0.229 e. The third-order valence-electron chi connectivity index (χ3n) is 9.57. The van der Waals surface area contributed by atoms with E-state index in [0.717, 1.165) is 65.6 Å². The highest BCUT2D eigenvalue weighted by Crippen LogP contribution is 2.40. The van der Waals surface area contributed by atoms with Gasteiger partial charge in [-0.05, 0) is 49.6 Å². The number of methoxy groups -OCH3 is 1. The molecule has 11 nitrogen and oxygen atoms in total. The van der Waals surface area contributed by atoms with E-state index in [0.29, 0.717) is 23.7 Å². The maximum atomic E-state index is 5.97. The molecule has 6 rings (SSSR count). The SMILES string of the molecule is C=Cc1cnc(Nc2cc(C(C)C)c(N3CCC(N4CCN(C)CC4)CC3)cc2OC)nc1Nc1ccc2nccnc2c1N(C)SC. The van der Waals surface area contributed by atoms with Crippen molar-refractivity contribution >= 4 is 63.6 Å². The molecule has 0 unspecified atom stereocenters. The molecule has 48 heavy (non-hydrogen) atoms. The Morgan fingerprint density at radius 2 is 1.75 bits per heavy atom. The third-order valence-corrected chi connectivity index (χ3v) is 10.3. The van der Waals surface area contributed by atoms with E-state index in [1.165, 1.54) is 37.2 Å². The number of benzene rings is 2. The zero-order valence-corrected chi connectivity index (χ0v) is 29.8. The second kappa shape index (κ2) is 15.0. The van der Waals surface area contributed by atoms with Gasteiger partial charge in [0, 0.05) is 94.5 Å². The second-order valence-corrected chi connectivity index (χ2v) is 13.8. The molecule has 254 valence electrons. The van der Waals surface area contributed by atoms with Crippen LogP contribution in [0.1, 0.15) is 43.7 Å². The summed E-state index contributed by atoms with van der Waals surface area (Å²) in [6, 6.07) is 9.03. The molecule has 4 aromatic rings. The number of aromatic nitrogens is 4. The molecule has 2 aromatic carbocycles. The van der Waals surface area contributed by atoms with Crippen LogP contribution in [0.4, 0.5) is 34.5 Å². The van der Waals surface area contributed by atoms with Crippen molar-refractivity contribution in [1.29, 1.82) is 0 Å². The van der Waals surface area contributed by atoms with E-state index >= 15 is 0 Å². The lowest BCUT2D eigenvalue weighted by Gasteiger charge is -2.43. The maximum Gasteiger partial charge on any atom is 0.229 e. The average molecular weight is 669 g/mol. The molecule has 0 radical (unpaired) electrons. The van der Waals surface area contributed by atoms with E-state index in [1.54, 1.807) is 43.7 Å². The number of nitrogens with zero attached hydrogens (tertiary/aromatic N) is 8. The number of hydrogen-bond donors (Lipinski definition) is 2. The molecule has 0 bridgehead atoms. The molecule has 2 fully saturated rings. The zero-order valence-electron chi connectivity index (χ0n) is 29.0. The minimum Gasteiger partial charge on any atom is -0.494 e. The molecule has 0 saturated carbocycles. The number of likely N-dealkylation sites (N-methyl/N-ethyl adjacent to an activating group) is 1. The first-order valence-corrected chi connectivity index (χ1v) is 17.9. The first-order chi connectivity index (χ1) is 23.3. The van der Waals surface area contributed by atoms with Crippen LogP contribution in [0.15, 0.2) is 49.4 Å². The molecule has 2 saturated heterocycles. The number of rotatable bonds is 11. The van der Waals surface area contributed by atoms with E-state index in [1.807, 2.05) is 25.4 Å². The van der Waals surface area contributed by atoms with Crippen molar-refractivity contribution in [3.8, 4) is 5.75 Å². The molecule has 12 heteroatoms. The molecule has 2 aliphatic rings. The van der Waals surface area contributed by atoms with E-state index in [-0.39, 0.29) is 0 Å². The predicted molar refractivity (Wildman–Crippen MR) is 202 cm³/mol. The van der Waals surface area contributed by atoms with Crippen LogP contribution in [0.2, 0.25) is 0 Å². The Balaban J connectivity index is 1.26. The lowest BCUT2D eigenvalue weighted by Crippen LogP contribution is -2.52. The molecule has 0 amide bonds. The Kier molecular flexibility index (Phi) is 10.5. The van der Waals surface area contributed by atoms with Crippen LogP contribution in [0.3, 0.4) is 0 Å². The van der Waals surface area contributed by atoms with Gasteiger partial charge in [0.1, 0.15) is 17.1 Å². The molecule has 2 aliphatic heterocycles. The fourth-order valence-electron chi connectivity index (χ4n) is 6.73. The Morgan fingerprint density at radius 1 is 1.00 bits per heavy atom. The molecular formula is C36H48N10OS. The van der Waals surface area contributed by atoms with Gasteiger partial charge in [-0.2, -0.15) is 4.98 Å². The summed E-state index contributed by atoms with van der Waals surface area (Å²) in [5.74, 6) is 2.17. The van der Waals surface area contributed by atoms with Crippen molar-refractivity contribution in [1.82, 2.24) is 29.7 Å². The Labute approximate surface area is 288 Å². The van der Waals surface area contributed by atoms with Crippen molar-refractivity contribution in [3.05, 3.63) is 60.6 Å². The minimum atomic E-state index is 0.325. The predicted octanol–water partition coefficient (Wildman–Crippen LogP) is 6.61. The van der Waals surface area contributed by atoms with Crippen molar-refractivity contribution in [2.75, 3.05) is 86.6 Å². The summed E-state index contributed by atoms with van der Waals surface area (Å²) in [4.78, 5) is 26.4. The molecular weight excluding hydrogens is 621 g/mol. The van der Waals surface area contributed by atoms with Gasteiger partial charge < -0.3 is 29.5 Å². The molecule has 2 aromatic heterocycles. The summed E-state index contributed by atoms with van der Waals surface area (Å²) in [6.07, 6.45) is 11.3. The topological polar surface area (TPSA) is 97.8 Å². The van der Waals surface area contributed by atoms with Crippen LogP contribution in [0.25, 0.3) is 17.1 Å². The number of piperazine rings is 1. The molecule has 0 spiro atoms. The van der Waals surface area contributed by atoms with Gasteiger partial charge in [0.15, 0.2) is 0 Å². The van der Waals surface area contributed by atoms with Gasteiger partial charge in [0.05, 0.1) is 29.7 Å². The second-order valence-electron chi connectivity index (χ2n) is 12.8. The summed E-state index contributed by atoms with van der Waals surface area (Å²) in [7, 11) is 5.96. The van der Waals surface area contributed by atoms with Gasteiger partial charge >= 0.3 is 0 Å². The molecule has 0 atom stereocenters. The summed E-state index contributed by atoms with van der Waals surface area (Å²) in [5.41, 5.74) is 7.54. The lowest BCUT2D eigenvalue weighted by molar-refractivity contribution is 0.0982. The number of anilines is 6. The van der Waals surface area contributed by atoms with Crippen LogP contribution in [-0.4, -0.2) is 103 Å². The number of piperidine rings is 1. The highest BCUT2D eigenvalue weighted by atomic mass is 32.2. The monoisotopic (exact) mass is 668 g/mol. The van der Waals surface area contributed by atoms with Crippen LogP contribution >= 0.6 is 11.9 Å². The summed E-state index contributed by atoms with van der Waals surface area (Å²) in [6.45, 7) is 15.3. The summed E-state index contributed by atoms with van der Waals surface area (Å²) >= 11 is 1.60. The lowest BCUT2D eigenvalue weighted by atomic mass is 9.96. The number of ether oxygens (including phenoxy) is 1. The molecule has 4 heterocycles. The molecule has 0 aliphatic carbocycles. The largest absolute Gasteiger partial charge is 0.494 e. The van der Waals surface area contributed by atoms with E-state index in [4.69, 9.17) is 9.72 Å². The van der Waals surface area contributed by atoms with Crippen molar-refractivity contribution in [2.24, 2.45) is 0 Å². The fourth-order valence-corrected chi connectivity index (χ4v) is 7.10. The van der Waals surface area contributed by atoms with E-state index < -0.39 is 0 Å². The van der Waals surface area contributed by atoms with Crippen molar-refractivity contribution in [2.45, 2.75) is 38.6 Å². The number of hydrogen-bond acceptors (Lipinski definition) is 12. The first-order valence-electron chi connectivity index (χ1n) is 16.7. The summed E-state index contributed by atoms with van der Waals surface area (Å²) in [5, 5.41) is 7.01. The van der Waals surface area contributed by atoms with Crippen molar-refractivity contribution < 1.29 is 4.74 Å². The number of nitrogens with one attached hydrogen (secondary N) is 2. The third kappa shape index (κ3) is 7.15. The van der Waals surface area contributed by atoms with Gasteiger partial charge in [-0.3, -0.25) is 14.9 Å².